The number of carbonyl (C=O) groups is 1. The summed E-state index contributed by atoms with van der Waals surface area (Å²) in [5, 5.41) is 11.1. The lowest BCUT2D eigenvalue weighted by atomic mass is 10.1. The Hall–Kier alpha value is -3.93. The fraction of sp³-hybridized carbons (Fsp3) is 0.458. The van der Waals surface area contributed by atoms with Crippen LogP contribution in [-0.2, 0) is 4.79 Å². The van der Waals surface area contributed by atoms with Crippen molar-refractivity contribution >= 4 is 35.0 Å². The van der Waals surface area contributed by atoms with E-state index in [1.807, 2.05) is 23.1 Å². The van der Waals surface area contributed by atoms with Crippen LogP contribution in [0.15, 0.2) is 36.7 Å². The Bertz CT molecular complexity index is 1190. The van der Waals surface area contributed by atoms with E-state index < -0.39 is 0 Å². The smallest absolute Gasteiger partial charge is 0.248 e. The molecular weight excluding hydrogens is 458 g/mol. The number of nitrogens with two attached hydrogens (primary N) is 1. The highest BCUT2D eigenvalue weighted by Crippen LogP contribution is 2.24. The molecule has 4 heterocycles. The lowest BCUT2D eigenvalue weighted by Gasteiger charge is -2.44. The van der Waals surface area contributed by atoms with Crippen molar-refractivity contribution < 1.29 is 4.79 Å². The molecule has 4 N–H and O–H groups in total. The summed E-state index contributed by atoms with van der Waals surface area (Å²) in [4.78, 5) is 31.6. The molecule has 190 valence electrons. The van der Waals surface area contributed by atoms with Gasteiger partial charge in [0.15, 0.2) is 5.82 Å². The van der Waals surface area contributed by atoms with E-state index in [9.17, 15) is 4.79 Å². The van der Waals surface area contributed by atoms with E-state index in [-0.39, 0.29) is 23.9 Å². The lowest BCUT2D eigenvalue weighted by molar-refractivity contribution is -0.133. The molecule has 2 fully saturated rings. The molecule has 2 atom stereocenters. The highest BCUT2D eigenvalue weighted by Gasteiger charge is 2.31. The Morgan fingerprint density at radius 3 is 2.36 bits per heavy atom. The van der Waals surface area contributed by atoms with Gasteiger partial charge in [-0.3, -0.25) is 4.79 Å². The molecule has 0 saturated carbocycles. The number of nitrogens with one attached hydrogen (secondary N) is 2. The second-order valence-electron chi connectivity index (χ2n) is 9.38. The molecule has 12 heteroatoms. The number of carbonyl (C=O) groups excluding carboxylic acids is 1. The minimum absolute atomic E-state index is 0.0786. The fourth-order valence-corrected chi connectivity index (χ4v) is 5.11. The normalized spacial score (nSPS) is 20.5. The van der Waals surface area contributed by atoms with Gasteiger partial charge in [-0.25, -0.2) is 9.97 Å². The maximum Gasteiger partial charge on any atom is 0.248 e. The van der Waals surface area contributed by atoms with Gasteiger partial charge in [0.05, 0.1) is 0 Å². The van der Waals surface area contributed by atoms with E-state index in [4.69, 9.17) is 5.73 Å². The largest absolute Gasteiger partial charge is 0.369 e. The van der Waals surface area contributed by atoms with Gasteiger partial charge < -0.3 is 31.1 Å². The molecule has 1 aromatic carbocycles. The summed E-state index contributed by atoms with van der Waals surface area (Å²) in [5.74, 6) is 1.99. The highest BCUT2D eigenvalue weighted by atomic mass is 16.2. The van der Waals surface area contributed by atoms with Crippen LogP contribution in [0, 0.1) is 0 Å². The van der Waals surface area contributed by atoms with Crippen LogP contribution in [0.1, 0.15) is 20.8 Å². The van der Waals surface area contributed by atoms with E-state index in [1.165, 1.54) is 16.7 Å². The highest BCUT2D eigenvalue weighted by molar-refractivity contribution is 5.74. The Morgan fingerprint density at radius 1 is 1.03 bits per heavy atom. The van der Waals surface area contributed by atoms with Gasteiger partial charge in [0.1, 0.15) is 12.1 Å². The molecule has 2 aliphatic rings. The Kier molecular flexibility index (Phi) is 6.59. The topological polar surface area (TPSA) is 133 Å². The van der Waals surface area contributed by atoms with Crippen LogP contribution < -0.4 is 26.2 Å². The first kappa shape index (κ1) is 23.8. The third kappa shape index (κ3) is 4.89. The zero-order valence-electron chi connectivity index (χ0n) is 20.9. The van der Waals surface area contributed by atoms with Gasteiger partial charge in [-0.2, -0.15) is 9.67 Å². The number of nitrogen functional groups attached to an aromatic ring is 1. The van der Waals surface area contributed by atoms with Gasteiger partial charge >= 0.3 is 0 Å². The average Bonchev–Trinajstić information content (AvgIpc) is 3.24. The summed E-state index contributed by atoms with van der Waals surface area (Å²) >= 11 is 0. The number of benzene rings is 1. The number of hydrogen-bond donors (Lipinski definition) is 3. The SMILES string of the molecule is CC(=O)N1[C@H](C)CN(c2cc(-n3nc(Nc4ccc(N5CCNCC5)cc4)nc3N)ncn2)C[C@@H]1C. The van der Waals surface area contributed by atoms with Gasteiger partial charge in [-0.1, -0.05) is 0 Å². The number of aromatic nitrogens is 5. The first-order valence-electron chi connectivity index (χ1n) is 12.3. The van der Waals surface area contributed by atoms with Crippen molar-refractivity contribution in [2.45, 2.75) is 32.9 Å². The maximum absolute atomic E-state index is 12.0. The summed E-state index contributed by atoms with van der Waals surface area (Å²) in [5.41, 5.74) is 8.26. The molecule has 5 rings (SSSR count). The third-order valence-electron chi connectivity index (χ3n) is 6.70. The predicted octanol–water partition coefficient (Wildman–Crippen LogP) is 1.24. The zero-order valence-corrected chi connectivity index (χ0v) is 20.9. The van der Waals surface area contributed by atoms with Crippen molar-refractivity contribution in [3.05, 3.63) is 36.7 Å². The summed E-state index contributed by atoms with van der Waals surface area (Å²) < 4.78 is 1.50. The van der Waals surface area contributed by atoms with Gasteiger partial charge in [0.25, 0.3) is 0 Å². The first-order valence-corrected chi connectivity index (χ1v) is 12.3. The Balaban J connectivity index is 1.30. The van der Waals surface area contributed by atoms with Crippen LogP contribution in [0.4, 0.5) is 29.1 Å². The molecule has 2 aromatic heterocycles. The summed E-state index contributed by atoms with van der Waals surface area (Å²) in [6.07, 6.45) is 1.50. The van der Waals surface area contributed by atoms with Crippen molar-refractivity contribution in [2.24, 2.45) is 0 Å². The number of nitrogens with zero attached hydrogens (tertiary/aromatic N) is 8. The van der Waals surface area contributed by atoms with Crippen LogP contribution in [0.25, 0.3) is 5.82 Å². The van der Waals surface area contributed by atoms with Crippen LogP contribution in [0.3, 0.4) is 0 Å². The molecule has 0 unspecified atom stereocenters. The molecule has 0 bridgehead atoms. The van der Waals surface area contributed by atoms with Crippen molar-refractivity contribution in [1.29, 1.82) is 0 Å². The minimum atomic E-state index is 0.0786. The molecule has 0 radical (unpaired) electrons. The molecule has 0 aliphatic carbocycles. The van der Waals surface area contributed by atoms with Crippen molar-refractivity contribution in [2.75, 3.05) is 60.1 Å². The van der Waals surface area contributed by atoms with Gasteiger partial charge in [0.2, 0.25) is 17.8 Å². The average molecular weight is 492 g/mol. The number of rotatable bonds is 5. The second-order valence-corrected chi connectivity index (χ2v) is 9.38. The van der Waals surface area contributed by atoms with Crippen LogP contribution in [-0.4, -0.2) is 86.9 Å². The molecule has 0 spiro atoms. The summed E-state index contributed by atoms with van der Waals surface area (Å²) in [6.45, 7) is 11.1. The van der Waals surface area contributed by atoms with Crippen molar-refractivity contribution in [3.63, 3.8) is 0 Å². The van der Waals surface area contributed by atoms with E-state index in [0.717, 1.165) is 37.7 Å². The number of piperazine rings is 2. The third-order valence-corrected chi connectivity index (χ3v) is 6.70. The van der Waals surface area contributed by atoms with Gasteiger partial charge in [0, 0.05) is 75.7 Å². The summed E-state index contributed by atoms with van der Waals surface area (Å²) in [7, 11) is 0. The van der Waals surface area contributed by atoms with Gasteiger partial charge in [-0.05, 0) is 38.1 Å². The molecule has 3 aromatic rings. The Labute approximate surface area is 210 Å². The predicted molar refractivity (Wildman–Crippen MR) is 140 cm³/mol. The van der Waals surface area contributed by atoms with E-state index in [0.29, 0.717) is 24.9 Å². The molecule has 2 aliphatic heterocycles. The number of anilines is 5. The molecule has 1 amide bonds. The minimum Gasteiger partial charge on any atom is -0.369 e. The van der Waals surface area contributed by atoms with Crippen LogP contribution in [0.5, 0.6) is 0 Å². The molecule has 2 saturated heterocycles. The summed E-state index contributed by atoms with van der Waals surface area (Å²) in [6, 6.07) is 10.2. The van der Waals surface area contributed by atoms with Crippen LogP contribution in [0.2, 0.25) is 0 Å². The van der Waals surface area contributed by atoms with E-state index in [1.54, 1.807) is 6.92 Å². The number of hydrogen-bond acceptors (Lipinski definition) is 10. The van der Waals surface area contributed by atoms with E-state index in [2.05, 4.69) is 66.5 Å². The monoisotopic (exact) mass is 491 g/mol. The maximum atomic E-state index is 12.0. The first-order chi connectivity index (χ1) is 17.4. The van der Waals surface area contributed by atoms with Crippen LogP contribution >= 0.6 is 0 Å². The Morgan fingerprint density at radius 2 is 1.69 bits per heavy atom. The number of amides is 1. The second kappa shape index (κ2) is 9.97. The van der Waals surface area contributed by atoms with E-state index >= 15 is 0 Å². The van der Waals surface area contributed by atoms with Crippen molar-refractivity contribution in [1.82, 2.24) is 34.9 Å². The molecule has 36 heavy (non-hydrogen) atoms. The standard InChI is InChI=1S/C24H33N11O/c1-16-13-33(14-17(2)34(16)18(3)36)21-12-22(28-15-27-21)35-23(25)30-24(31-35)29-19-4-6-20(7-5-19)32-10-8-26-9-11-32/h4-7,12,15-17,26H,8-11,13-14H2,1-3H3,(H3,25,29,30,31)/t16-,17+. The molecule has 12 nitrogen and oxygen atoms in total. The van der Waals surface area contributed by atoms with Crippen molar-refractivity contribution in [3.8, 4) is 5.82 Å². The quantitative estimate of drug-likeness (QED) is 0.479. The fourth-order valence-electron chi connectivity index (χ4n) is 5.11. The zero-order chi connectivity index (χ0) is 25.2. The molecular formula is C24H33N11O. The lowest BCUT2D eigenvalue weighted by Crippen LogP contribution is -2.58. The van der Waals surface area contributed by atoms with Gasteiger partial charge in [-0.15, -0.1) is 5.10 Å².